The summed E-state index contributed by atoms with van der Waals surface area (Å²) in [6.07, 6.45) is 0. The zero-order chi connectivity index (χ0) is 17.3. The molecule has 8 heteroatoms. The number of nitrogen functional groups attached to an aromatic ring is 1. The topological polar surface area (TPSA) is 71.7 Å². The Morgan fingerprint density at radius 2 is 2.04 bits per heavy atom. The minimum atomic E-state index is -0.0938. The van der Waals surface area contributed by atoms with Gasteiger partial charge in [-0.25, -0.2) is 4.98 Å². The van der Waals surface area contributed by atoms with E-state index in [-0.39, 0.29) is 5.91 Å². The lowest BCUT2D eigenvalue weighted by atomic mass is 10.1. The van der Waals surface area contributed by atoms with Gasteiger partial charge in [-0.05, 0) is 13.0 Å². The highest BCUT2D eigenvalue weighted by Gasteiger charge is 2.26. The van der Waals surface area contributed by atoms with Crippen molar-refractivity contribution in [3.63, 3.8) is 0 Å². The molecule has 3 rings (SSSR count). The van der Waals surface area contributed by atoms with Gasteiger partial charge >= 0.3 is 0 Å². The molecule has 0 bridgehead atoms. The molecular formula is C16H19ClN4O2S. The number of nitrogens with two attached hydrogens (primary N) is 1. The minimum Gasteiger partial charge on any atom is -0.496 e. The first-order valence-electron chi connectivity index (χ1n) is 7.59. The molecule has 0 aliphatic carbocycles. The van der Waals surface area contributed by atoms with Gasteiger partial charge < -0.3 is 20.3 Å². The summed E-state index contributed by atoms with van der Waals surface area (Å²) in [6.45, 7) is 4.75. The number of carbonyl (C=O) groups is 1. The van der Waals surface area contributed by atoms with E-state index in [9.17, 15) is 4.79 Å². The summed E-state index contributed by atoms with van der Waals surface area (Å²) in [5.74, 6) is 0.351. The molecule has 6 nitrogen and oxygen atoms in total. The fourth-order valence-electron chi connectivity index (χ4n) is 2.66. The van der Waals surface area contributed by atoms with Crippen LogP contribution in [0.25, 0.3) is 0 Å². The molecule has 2 aromatic rings. The van der Waals surface area contributed by atoms with Gasteiger partial charge in [-0.2, -0.15) is 0 Å². The van der Waals surface area contributed by atoms with Gasteiger partial charge in [0.2, 0.25) is 0 Å². The summed E-state index contributed by atoms with van der Waals surface area (Å²) in [6, 6.07) is 3.17. The van der Waals surface area contributed by atoms with Gasteiger partial charge in [0, 0.05) is 37.6 Å². The Kier molecular flexibility index (Phi) is 4.82. The maximum atomic E-state index is 12.8. The van der Waals surface area contributed by atoms with Crippen molar-refractivity contribution in [2.45, 2.75) is 6.92 Å². The Bertz CT molecular complexity index is 757. The first-order chi connectivity index (χ1) is 11.5. The molecule has 1 saturated heterocycles. The number of anilines is 2. The van der Waals surface area contributed by atoms with Gasteiger partial charge in [0.15, 0.2) is 5.13 Å². The predicted octanol–water partition coefficient (Wildman–Crippen LogP) is 2.66. The molecule has 0 radical (unpaired) electrons. The number of halogens is 1. The van der Waals surface area contributed by atoms with Gasteiger partial charge in [-0.1, -0.05) is 11.6 Å². The summed E-state index contributed by atoms with van der Waals surface area (Å²) in [5.41, 5.74) is 7.64. The van der Waals surface area contributed by atoms with Crippen LogP contribution >= 0.6 is 22.9 Å². The molecule has 0 saturated carbocycles. The van der Waals surface area contributed by atoms with Crippen molar-refractivity contribution in [3.05, 3.63) is 33.8 Å². The molecular weight excluding hydrogens is 348 g/mol. The molecule has 2 N–H and O–H groups in total. The van der Waals surface area contributed by atoms with E-state index in [1.54, 1.807) is 28.4 Å². The normalized spacial score (nSPS) is 14.8. The first kappa shape index (κ1) is 16.9. The highest BCUT2D eigenvalue weighted by molar-refractivity contribution is 7.13. The van der Waals surface area contributed by atoms with Crippen molar-refractivity contribution < 1.29 is 9.53 Å². The number of hydrogen-bond donors (Lipinski definition) is 1. The van der Waals surface area contributed by atoms with E-state index < -0.39 is 0 Å². The van der Waals surface area contributed by atoms with Crippen LogP contribution in [0.3, 0.4) is 0 Å². The molecule has 1 aliphatic rings. The summed E-state index contributed by atoms with van der Waals surface area (Å²) in [5, 5.41) is 3.40. The fraction of sp³-hybridized carbons (Fsp3) is 0.375. The number of benzene rings is 1. The van der Waals surface area contributed by atoms with Crippen LogP contribution in [0.4, 0.5) is 10.8 Å². The van der Waals surface area contributed by atoms with E-state index in [1.165, 1.54) is 7.11 Å². The summed E-state index contributed by atoms with van der Waals surface area (Å²) in [4.78, 5) is 21.3. The third-order valence-electron chi connectivity index (χ3n) is 3.99. The smallest absolute Gasteiger partial charge is 0.257 e. The number of carbonyl (C=O) groups excluding carboxylic acids is 1. The van der Waals surface area contributed by atoms with Gasteiger partial charge in [0.1, 0.15) is 5.75 Å². The third kappa shape index (κ3) is 3.27. The molecule has 1 amide bonds. The van der Waals surface area contributed by atoms with Crippen LogP contribution in [0.1, 0.15) is 16.1 Å². The number of piperazine rings is 1. The summed E-state index contributed by atoms with van der Waals surface area (Å²) in [7, 11) is 1.52. The largest absolute Gasteiger partial charge is 0.496 e. The van der Waals surface area contributed by atoms with Crippen molar-refractivity contribution in [1.82, 2.24) is 9.88 Å². The second-order valence-electron chi connectivity index (χ2n) is 5.62. The van der Waals surface area contributed by atoms with E-state index in [1.807, 2.05) is 12.3 Å². The third-order valence-corrected chi connectivity index (χ3v) is 5.34. The minimum absolute atomic E-state index is 0.0938. The van der Waals surface area contributed by atoms with Crippen LogP contribution in [-0.2, 0) is 0 Å². The Morgan fingerprint density at radius 1 is 1.33 bits per heavy atom. The Labute approximate surface area is 149 Å². The average molecular weight is 367 g/mol. The highest BCUT2D eigenvalue weighted by atomic mass is 35.5. The monoisotopic (exact) mass is 366 g/mol. The molecule has 1 aromatic carbocycles. The number of aromatic nitrogens is 1. The number of aryl methyl sites for hydroxylation is 1. The highest BCUT2D eigenvalue weighted by Crippen LogP contribution is 2.30. The Balaban J connectivity index is 1.72. The van der Waals surface area contributed by atoms with E-state index in [4.69, 9.17) is 22.1 Å². The van der Waals surface area contributed by atoms with Crippen LogP contribution in [-0.4, -0.2) is 49.1 Å². The van der Waals surface area contributed by atoms with E-state index in [0.29, 0.717) is 35.1 Å². The Morgan fingerprint density at radius 3 is 2.62 bits per heavy atom. The van der Waals surface area contributed by atoms with Gasteiger partial charge in [-0.15, -0.1) is 11.3 Å². The summed E-state index contributed by atoms with van der Waals surface area (Å²) >= 11 is 7.70. The Hall–Kier alpha value is -1.99. The molecule has 0 unspecified atom stereocenters. The van der Waals surface area contributed by atoms with Crippen molar-refractivity contribution in [1.29, 1.82) is 0 Å². The zero-order valence-electron chi connectivity index (χ0n) is 13.6. The van der Waals surface area contributed by atoms with Gasteiger partial charge in [0.05, 0.1) is 29.1 Å². The predicted molar refractivity (Wildman–Crippen MR) is 97.4 cm³/mol. The summed E-state index contributed by atoms with van der Waals surface area (Å²) < 4.78 is 5.28. The molecule has 1 aromatic heterocycles. The van der Waals surface area contributed by atoms with Gasteiger partial charge in [0.25, 0.3) is 5.91 Å². The lowest BCUT2D eigenvalue weighted by molar-refractivity contribution is 0.0743. The number of hydrogen-bond acceptors (Lipinski definition) is 6. The van der Waals surface area contributed by atoms with Crippen LogP contribution in [0.2, 0.25) is 5.02 Å². The van der Waals surface area contributed by atoms with Crippen LogP contribution in [0.15, 0.2) is 17.5 Å². The molecule has 24 heavy (non-hydrogen) atoms. The van der Waals surface area contributed by atoms with Crippen molar-refractivity contribution in [2.24, 2.45) is 0 Å². The van der Waals surface area contributed by atoms with E-state index in [0.717, 1.165) is 23.9 Å². The van der Waals surface area contributed by atoms with Crippen LogP contribution < -0.4 is 15.4 Å². The van der Waals surface area contributed by atoms with Crippen molar-refractivity contribution in [2.75, 3.05) is 43.9 Å². The number of rotatable bonds is 3. The van der Waals surface area contributed by atoms with Crippen molar-refractivity contribution in [3.8, 4) is 5.75 Å². The number of methoxy groups -OCH3 is 1. The SMILES string of the molecule is COc1cc(N)c(Cl)cc1C(=O)N1CCN(c2nc(C)cs2)CC1. The van der Waals surface area contributed by atoms with Crippen LogP contribution in [0.5, 0.6) is 5.75 Å². The quantitative estimate of drug-likeness (QED) is 0.845. The van der Waals surface area contributed by atoms with Crippen LogP contribution in [0, 0.1) is 6.92 Å². The van der Waals surface area contributed by atoms with Crippen molar-refractivity contribution >= 4 is 39.7 Å². The second-order valence-corrected chi connectivity index (χ2v) is 6.87. The molecule has 128 valence electrons. The molecule has 1 fully saturated rings. The van der Waals surface area contributed by atoms with E-state index in [2.05, 4.69) is 9.88 Å². The lowest BCUT2D eigenvalue weighted by Crippen LogP contribution is -2.48. The van der Waals surface area contributed by atoms with Gasteiger partial charge in [-0.3, -0.25) is 4.79 Å². The standard InChI is InChI=1S/C16H19ClN4O2S/c1-10-9-24-16(19-10)21-5-3-20(4-6-21)15(22)11-7-12(17)13(18)8-14(11)23-2/h7-9H,3-6,18H2,1-2H3. The number of ether oxygens (including phenoxy) is 1. The fourth-order valence-corrected chi connectivity index (χ4v) is 3.68. The maximum absolute atomic E-state index is 12.8. The second kappa shape index (κ2) is 6.86. The molecule has 2 heterocycles. The molecule has 0 atom stereocenters. The molecule has 0 spiro atoms. The average Bonchev–Trinajstić information content (AvgIpc) is 3.03. The zero-order valence-corrected chi connectivity index (χ0v) is 15.2. The number of nitrogens with zero attached hydrogens (tertiary/aromatic N) is 3. The van der Waals surface area contributed by atoms with E-state index >= 15 is 0 Å². The number of amides is 1. The number of thiazole rings is 1. The maximum Gasteiger partial charge on any atom is 0.257 e. The lowest BCUT2D eigenvalue weighted by Gasteiger charge is -2.34. The molecule has 1 aliphatic heterocycles. The first-order valence-corrected chi connectivity index (χ1v) is 8.84.